The first-order valence-corrected chi connectivity index (χ1v) is 6.43. The minimum atomic E-state index is -0.0790. The Hall–Kier alpha value is -0.740. The minimum Gasteiger partial charge on any atom is -0.495 e. The van der Waals surface area contributed by atoms with Gasteiger partial charge in [-0.25, -0.2) is 0 Å². The molecule has 96 valence electrons. The van der Waals surface area contributed by atoms with Gasteiger partial charge >= 0.3 is 0 Å². The van der Waals surface area contributed by atoms with Gasteiger partial charge in [0.2, 0.25) is 0 Å². The summed E-state index contributed by atoms with van der Waals surface area (Å²) in [7, 11) is 3.30. The summed E-state index contributed by atoms with van der Waals surface area (Å²) >= 11 is 3.53. The lowest BCUT2D eigenvalue weighted by Crippen LogP contribution is -2.09. The van der Waals surface area contributed by atoms with E-state index in [0.717, 1.165) is 27.1 Å². The molecule has 4 heteroatoms. The molecule has 1 rings (SSSR count). The van der Waals surface area contributed by atoms with Crippen molar-refractivity contribution in [3.05, 3.63) is 21.7 Å². The van der Waals surface area contributed by atoms with Gasteiger partial charge in [-0.05, 0) is 40.4 Å². The van der Waals surface area contributed by atoms with Gasteiger partial charge in [-0.15, -0.1) is 0 Å². The summed E-state index contributed by atoms with van der Waals surface area (Å²) in [6.45, 7) is 6.20. The molecule has 0 aliphatic carbocycles. The number of nitrogens with two attached hydrogens (primary N) is 1. The van der Waals surface area contributed by atoms with Crippen LogP contribution in [-0.2, 0) is 0 Å². The number of ether oxygens (including phenoxy) is 2. The normalized spacial score (nSPS) is 12.7. The Kier molecular flexibility index (Phi) is 4.83. The van der Waals surface area contributed by atoms with E-state index in [0.29, 0.717) is 5.92 Å². The molecule has 0 fully saturated rings. The van der Waals surface area contributed by atoms with Crippen LogP contribution in [0.15, 0.2) is 10.5 Å². The van der Waals surface area contributed by atoms with Crippen molar-refractivity contribution in [2.24, 2.45) is 5.73 Å². The van der Waals surface area contributed by atoms with Gasteiger partial charge in [-0.1, -0.05) is 13.8 Å². The SMILES string of the molecule is COc1c(C(C)C)cc(C(C)N)c(OC)c1Br. The van der Waals surface area contributed by atoms with Crippen LogP contribution in [0.2, 0.25) is 0 Å². The number of halogens is 1. The molecule has 0 radical (unpaired) electrons. The van der Waals surface area contributed by atoms with E-state index in [1.54, 1.807) is 14.2 Å². The zero-order valence-corrected chi connectivity index (χ0v) is 12.6. The summed E-state index contributed by atoms with van der Waals surface area (Å²) < 4.78 is 11.7. The van der Waals surface area contributed by atoms with Gasteiger partial charge in [0, 0.05) is 11.6 Å². The molecule has 1 unspecified atom stereocenters. The molecule has 2 N–H and O–H groups in total. The van der Waals surface area contributed by atoms with Crippen molar-refractivity contribution >= 4 is 15.9 Å². The van der Waals surface area contributed by atoms with Crippen molar-refractivity contribution < 1.29 is 9.47 Å². The van der Waals surface area contributed by atoms with Crippen LogP contribution >= 0.6 is 15.9 Å². The third kappa shape index (κ3) is 2.75. The fraction of sp³-hybridized carbons (Fsp3) is 0.538. The molecule has 0 spiro atoms. The summed E-state index contributed by atoms with van der Waals surface area (Å²) in [4.78, 5) is 0. The maximum atomic E-state index is 5.98. The number of hydrogen-bond donors (Lipinski definition) is 1. The molecule has 1 aromatic carbocycles. The Morgan fingerprint density at radius 1 is 1.06 bits per heavy atom. The lowest BCUT2D eigenvalue weighted by atomic mass is 9.96. The van der Waals surface area contributed by atoms with E-state index in [9.17, 15) is 0 Å². The zero-order valence-electron chi connectivity index (χ0n) is 11.0. The van der Waals surface area contributed by atoms with Crippen LogP contribution in [0.25, 0.3) is 0 Å². The maximum Gasteiger partial charge on any atom is 0.141 e. The number of rotatable bonds is 4. The predicted octanol–water partition coefficient (Wildman–Crippen LogP) is 3.61. The highest BCUT2D eigenvalue weighted by molar-refractivity contribution is 9.10. The smallest absolute Gasteiger partial charge is 0.141 e. The molecule has 1 atom stereocenters. The molecule has 0 aliphatic heterocycles. The number of hydrogen-bond acceptors (Lipinski definition) is 3. The van der Waals surface area contributed by atoms with Crippen molar-refractivity contribution in [3.8, 4) is 11.5 Å². The average molecular weight is 302 g/mol. The molecule has 0 amide bonds. The van der Waals surface area contributed by atoms with Crippen LogP contribution in [0.4, 0.5) is 0 Å². The largest absolute Gasteiger partial charge is 0.495 e. The molecule has 0 aromatic heterocycles. The standard InChI is InChI=1S/C13H20BrNO2/c1-7(2)9-6-10(8(3)15)13(17-5)11(14)12(9)16-4/h6-8H,15H2,1-5H3. The highest BCUT2D eigenvalue weighted by Crippen LogP contribution is 2.44. The quantitative estimate of drug-likeness (QED) is 0.924. The molecular weight excluding hydrogens is 282 g/mol. The van der Waals surface area contributed by atoms with Gasteiger partial charge in [0.05, 0.1) is 14.2 Å². The molecule has 17 heavy (non-hydrogen) atoms. The van der Waals surface area contributed by atoms with Crippen molar-refractivity contribution in [3.63, 3.8) is 0 Å². The van der Waals surface area contributed by atoms with Gasteiger partial charge in [-0.3, -0.25) is 0 Å². The monoisotopic (exact) mass is 301 g/mol. The second-order valence-corrected chi connectivity index (χ2v) is 5.17. The fourth-order valence-corrected chi connectivity index (χ4v) is 2.62. The topological polar surface area (TPSA) is 44.5 Å². The van der Waals surface area contributed by atoms with Gasteiger partial charge < -0.3 is 15.2 Å². The Balaban J connectivity index is 3.54. The lowest BCUT2D eigenvalue weighted by molar-refractivity contribution is 0.380. The van der Waals surface area contributed by atoms with Crippen molar-refractivity contribution in [1.82, 2.24) is 0 Å². The molecular formula is C13H20BrNO2. The van der Waals surface area contributed by atoms with Gasteiger partial charge in [0.25, 0.3) is 0 Å². The fourth-order valence-electron chi connectivity index (χ4n) is 1.84. The first-order valence-electron chi connectivity index (χ1n) is 5.63. The highest BCUT2D eigenvalue weighted by Gasteiger charge is 2.21. The average Bonchev–Trinajstić information content (AvgIpc) is 2.27. The second-order valence-electron chi connectivity index (χ2n) is 4.38. The number of methoxy groups -OCH3 is 2. The zero-order chi connectivity index (χ0) is 13.2. The summed E-state index contributed by atoms with van der Waals surface area (Å²) in [6, 6.07) is 1.99. The Bertz CT molecular complexity index is 369. The Morgan fingerprint density at radius 2 is 1.53 bits per heavy atom. The summed E-state index contributed by atoms with van der Waals surface area (Å²) in [6.07, 6.45) is 0. The molecule has 0 saturated heterocycles. The first kappa shape index (κ1) is 14.3. The molecule has 0 aliphatic rings. The van der Waals surface area contributed by atoms with E-state index in [1.165, 1.54) is 0 Å². The third-order valence-corrected chi connectivity index (χ3v) is 3.48. The van der Waals surface area contributed by atoms with E-state index >= 15 is 0 Å². The summed E-state index contributed by atoms with van der Waals surface area (Å²) in [5, 5.41) is 0. The molecule has 0 bridgehead atoms. The predicted molar refractivity (Wildman–Crippen MR) is 73.9 cm³/mol. The Labute approximate surface area is 111 Å². The van der Waals surface area contributed by atoms with Gasteiger partial charge in [0.15, 0.2) is 0 Å². The van der Waals surface area contributed by atoms with Gasteiger partial charge in [0.1, 0.15) is 16.0 Å². The van der Waals surface area contributed by atoms with Crippen molar-refractivity contribution in [1.29, 1.82) is 0 Å². The summed E-state index contributed by atoms with van der Waals surface area (Å²) in [5.41, 5.74) is 8.10. The summed E-state index contributed by atoms with van der Waals surface area (Å²) in [5.74, 6) is 1.94. The van der Waals surface area contributed by atoms with E-state index in [-0.39, 0.29) is 6.04 Å². The van der Waals surface area contributed by atoms with E-state index in [1.807, 2.05) is 6.92 Å². The van der Waals surface area contributed by atoms with Crippen molar-refractivity contribution in [2.45, 2.75) is 32.7 Å². The molecule has 0 saturated carbocycles. The first-order chi connectivity index (χ1) is 7.93. The van der Waals surface area contributed by atoms with Crippen LogP contribution in [0, 0.1) is 0 Å². The highest BCUT2D eigenvalue weighted by atomic mass is 79.9. The molecule has 0 heterocycles. The minimum absolute atomic E-state index is 0.0790. The maximum absolute atomic E-state index is 5.98. The van der Waals surface area contributed by atoms with Crippen LogP contribution in [-0.4, -0.2) is 14.2 Å². The Morgan fingerprint density at radius 3 is 1.88 bits per heavy atom. The van der Waals surface area contributed by atoms with E-state index in [2.05, 4.69) is 35.8 Å². The van der Waals surface area contributed by atoms with Crippen LogP contribution in [0.1, 0.15) is 43.9 Å². The molecule has 3 nitrogen and oxygen atoms in total. The number of benzene rings is 1. The third-order valence-electron chi connectivity index (χ3n) is 2.75. The van der Waals surface area contributed by atoms with Crippen molar-refractivity contribution in [2.75, 3.05) is 14.2 Å². The van der Waals surface area contributed by atoms with E-state index in [4.69, 9.17) is 15.2 Å². The molecule has 1 aromatic rings. The van der Waals surface area contributed by atoms with E-state index < -0.39 is 0 Å². The van der Waals surface area contributed by atoms with Crippen LogP contribution < -0.4 is 15.2 Å². The second kappa shape index (κ2) is 5.74. The van der Waals surface area contributed by atoms with Crippen LogP contribution in [0.5, 0.6) is 11.5 Å². The van der Waals surface area contributed by atoms with Crippen LogP contribution in [0.3, 0.4) is 0 Å². The van der Waals surface area contributed by atoms with Gasteiger partial charge in [-0.2, -0.15) is 0 Å². The lowest BCUT2D eigenvalue weighted by Gasteiger charge is -2.20.